The monoisotopic (exact) mass is 289 g/mol. The van der Waals surface area contributed by atoms with E-state index in [1.807, 2.05) is 0 Å². The van der Waals surface area contributed by atoms with Crippen molar-refractivity contribution in [1.82, 2.24) is 10.6 Å². The lowest BCUT2D eigenvalue weighted by atomic mass is 10.3. The van der Waals surface area contributed by atoms with Gasteiger partial charge < -0.3 is 16.0 Å². The Labute approximate surface area is 115 Å². The molecule has 0 atom stereocenters. The molecule has 0 bridgehead atoms. The van der Waals surface area contributed by atoms with Crippen LogP contribution in [-0.2, 0) is 4.79 Å². The largest absolute Gasteiger partial charge is 0.355 e. The van der Waals surface area contributed by atoms with E-state index in [1.165, 1.54) is 6.92 Å². The van der Waals surface area contributed by atoms with Gasteiger partial charge in [0.15, 0.2) is 0 Å². The summed E-state index contributed by atoms with van der Waals surface area (Å²) in [5.74, 6) is -0.137. The molecule has 3 N–H and O–H groups in total. The van der Waals surface area contributed by atoms with E-state index in [2.05, 4.69) is 16.0 Å². The van der Waals surface area contributed by atoms with Gasteiger partial charge in [-0.25, -0.2) is 4.79 Å². The number of halogens is 2. The molecule has 0 spiro atoms. The van der Waals surface area contributed by atoms with Gasteiger partial charge in [0, 0.05) is 25.7 Å². The first kappa shape index (κ1) is 14.6. The van der Waals surface area contributed by atoms with Crippen molar-refractivity contribution in [1.29, 1.82) is 0 Å². The average Bonchev–Trinajstić information content (AvgIpc) is 2.29. The zero-order chi connectivity index (χ0) is 13.5. The van der Waals surface area contributed by atoms with Crippen LogP contribution in [0.15, 0.2) is 18.2 Å². The molecule has 0 aliphatic rings. The number of rotatable bonds is 4. The summed E-state index contributed by atoms with van der Waals surface area (Å²) in [6, 6.07) is 4.41. The average molecular weight is 290 g/mol. The fourth-order valence-electron chi connectivity index (χ4n) is 1.16. The quantitative estimate of drug-likeness (QED) is 0.744. The second-order valence-electron chi connectivity index (χ2n) is 3.49. The van der Waals surface area contributed by atoms with Gasteiger partial charge in [0.2, 0.25) is 5.91 Å². The van der Waals surface area contributed by atoms with Crippen LogP contribution in [0.2, 0.25) is 10.0 Å². The zero-order valence-corrected chi connectivity index (χ0v) is 11.2. The zero-order valence-electron chi connectivity index (χ0n) is 9.72. The van der Waals surface area contributed by atoms with Crippen molar-refractivity contribution in [3.05, 3.63) is 28.2 Å². The van der Waals surface area contributed by atoms with Crippen molar-refractivity contribution in [2.24, 2.45) is 0 Å². The predicted octanol–water partition coefficient (Wildman–Crippen LogP) is 2.25. The van der Waals surface area contributed by atoms with Crippen molar-refractivity contribution in [3.63, 3.8) is 0 Å². The van der Waals surface area contributed by atoms with Gasteiger partial charge in [-0.3, -0.25) is 4.79 Å². The van der Waals surface area contributed by atoms with Crippen LogP contribution in [0.4, 0.5) is 10.5 Å². The number of benzene rings is 1. The Morgan fingerprint density at radius 2 is 1.78 bits per heavy atom. The Hall–Kier alpha value is -1.46. The number of urea groups is 1. The normalized spacial score (nSPS) is 9.72. The molecule has 0 saturated carbocycles. The third-order valence-electron chi connectivity index (χ3n) is 1.96. The van der Waals surface area contributed by atoms with Crippen molar-refractivity contribution >= 4 is 40.8 Å². The second-order valence-corrected chi connectivity index (χ2v) is 4.31. The van der Waals surface area contributed by atoms with Gasteiger partial charge in [-0.1, -0.05) is 23.2 Å². The van der Waals surface area contributed by atoms with Crippen LogP contribution >= 0.6 is 23.2 Å². The number of hydrogen-bond acceptors (Lipinski definition) is 2. The predicted molar refractivity (Wildman–Crippen MR) is 72.2 cm³/mol. The van der Waals surface area contributed by atoms with Crippen LogP contribution in [0.1, 0.15) is 6.92 Å². The van der Waals surface area contributed by atoms with Gasteiger partial charge in [0.05, 0.1) is 10.0 Å². The lowest BCUT2D eigenvalue weighted by molar-refractivity contribution is -0.118. The molecule has 0 heterocycles. The first-order chi connectivity index (χ1) is 8.49. The first-order valence-corrected chi connectivity index (χ1v) is 5.99. The van der Waals surface area contributed by atoms with E-state index in [0.717, 1.165) is 0 Å². The van der Waals surface area contributed by atoms with E-state index >= 15 is 0 Å². The smallest absolute Gasteiger partial charge is 0.319 e. The minimum atomic E-state index is -0.376. The SMILES string of the molecule is CC(=O)NCCNC(=O)Nc1ccc(Cl)c(Cl)c1. The molecule has 0 saturated heterocycles. The number of carbonyl (C=O) groups is 2. The van der Waals surface area contributed by atoms with Gasteiger partial charge >= 0.3 is 6.03 Å². The number of anilines is 1. The molecule has 3 amide bonds. The minimum Gasteiger partial charge on any atom is -0.355 e. The molecule has 1 aromatic carbocycles. The molecule has 1 aromatic rings. The van der Waals surface area contributed by atoms with Gasteiger partial charge in [0.25, 0.3) is 0 Å². The van der Waals surface area contributed by atoms with Gasteiger partial charge in [-0.05, 0) is 18.2 Å². The highest BCUT2D eigenvalue weighted by Gasteiger charge is 2.03. The van der Waals surface area contributed by atoms with Crippen molar-refractivity contribution in [2.45, 2.75) is 6.92 Å². The molecule has 1 rings (SSSR count). The van der Waals surface area contributed by atoms with Crippen LogP contribution in [0, 0.1) is 0 Å². The van der Waals surface area contributed by atoms with Crippen molar-refractivity contribution in [2.75, 3.05) is 18.4 Å². The lowest BCUT2D eigenvalue weighted by Crippen LogP contribution is -2.36. The van der Waals surface area contributed by atoms with E-state index in [1.54, 1.807) is 18.2 Å². The summed E-state index contributed by atoms with van der Waals surface area (Å²) in [6.45, 7) is 2.13. The van der Waals surface area contributed by atoms with E-state index in [0.29, 0.717) is 28.8 Å². The standard InChI is InChI=1S/C11H13Cl2N3O2/c1-7(17)14-4-5-15-11(18)16-8-2-3-9(12)10(13)6-8/h2-3,6H,4-5H2,1H3,(H,14,17)(H2,15,16,18). The highest BCUT2D eigenvalue weighted by Crippen LogP contribution is 2.24. The van der Waals surface area contributed by atoms with E-state index in [4.69, 9.17) is 23.2 Å². The molecule has 0 unspecified atom stereocenters. The second kappa shape index (κ2) is 7.08. The summed E-state index contributed by atoms with van der Waals surface area (Å²) in [5.41, 5.74) is 0.543. The first-order valence-electron chi connectivity index (χ1n) is 5.23. The van der Waals surface area contributed by atoms with E-state index < -0.39 is 0 Å². The number of carbonyl (C=O) groups excluding carboxylic acids is 2. The molecule has 7 heteroatoms. The summed E-state index contributed by atoms with van der Waals surface area (Å²) in [4.78, 5) is 22.0. The van der Waals surface area contributed by atoms with E-state index in [-0.39, 0.29) is 11.9 Å². The highest BCUT2D eigenvalue weighted by atomic mass is 35.5. The van der Waals surface area contributed by atoms with Crippen LogP contribution in [0.25, 0.3) is 0 Å². The summed E-state index contributed by atoms with van der Waals surface area (Å²) < 4.78 is 0. The molecule has 0 aromatic heterocycles. The molecular formula is C11H13Cl2N3O2. The Bertz CT molecular complexity index is 452. The minimum absolute atomic E-state index is 0.137. The summed E-state index contributed by atoms with van der Waals surface area (Å²) in [7, 11) is 0. The molecule has 0 aliphatic heterocycles. The Balaban J connectivity index is 2.35. The fraction of sp³-hybridized carbons (Fsp3) is 0.273. The molecule has 98 valence electrons. The Morgan fingerprint density at radius 1 is 1.11 bits per heavy atom. The van der Waals surface area contributed by atoms with Crippen LogP contribution in [0.5, 0.6) is 0 Å². The molecule has 0 fully saturated rings. The van der Waals surface area contributed by atoms with Gasteiger partial charge in [0.1, 0.15) is 0 Å². The third-order valence-corrected chi connectivity index (χ3v) is 2.70. The maximum atomic E-state index is 11.4. The lowest BCUT2D eigenvalue weighted by Gasteiger charge is -2.08. The van der Waals surface area contributed by atoms with Crippen molar-refractivity contribution in [3.8, 4) is 0 Å². The molecule has 0 aliphatic carbocycles. The summed E-state index contributed by atoms with van der Waals surface area (Å²) in [6.07, 6.45) is 0. The number of nitrogens with one attached hydrogen (secondary N) is 3. The molecule has 0 radical (unpaired) electrons. The number of amides is 3. The Morgan fingerprint density at radius 3 is 2.39 bits per heavy atom. The maximum absolute atomic E-state index is 11.4. The maximum Gasteiger partial charge on any atom is 0.319 e. The number of hydrogen-bond donors (Lipinski definition) is 3. The third kappa shape index (κ3) is 5.25. The summed E-state index contributed by atoms with van der Waals surface area (Å²) >= 11 is 11.6. The van der Waals surface area contributed by atoms with Crippen LogP contribution in [0.3, 0.4) is 0 Å². The molecular weight excluding hydrogens is 277 g/mol. The van der Waals surface area contributed by atoms with Crippen LogP contribution in [-0.4, -0.2) is 25.0 Å². The van der Waals surface area contributed by atoms with Gasteiger partial charge in [-0.15, -0.1) is 0 Å². The Kier molecular flexibility index (Phi) is 5.74. The van der Waals surface area contributed by atoms with Crippen molar-refractivity contribution < 1.29 is 9.59 Å². The highest BCUT2D eigenvalue weighted by molar-refractivity contribution is 6.42. The molecule has 5 nitrogen and oxygen atoms in total. The summed E-state index contributed by atoms with van der Waals surface area (Å²) in [5, 5.41) is 8.53. The van der Waals surface area contributed by atoms with E-state index in [9.17, 15) is 9.59 Å². The fourth-order valence-corrected chi connectivity index (χ4v) is 1.46. The molecule has 18 heavy (non-hydrogen) atoms. The van der Waals surface area contributed by atoms with Crippen LogP contribution < -0.4 is 16.0 Å². The van der Waals surface area contributed by atoms with Gasteiger partial charge in [-0.2, -0.15) is 0 Å². The topological polar surface area (TPSA) is 70.2 Å².